The summed E-state index contributed by atoms with van der Waals surface area (Å²) in [6, 6.07) is 21.3. The molecule has 1 N–H and O–H groups in total. The number of aryl methyl sites for hydroxylation is 2. The molecule has 0 radical (unpaired) electrons. The van der Waals surface area contributed by atoms with Gasteiger partial charge in [0.1, 0.15) is 17.9 Å². The maximum absolute atomic E-state index is 13.3. The number of nitrogens with zero attached hydrogens (tertiary/aromatic N) is 1. The number of amides is 1. The monoisotopic (exact) mass is 505 g/mol. The fourth-order valence-electron chi connectivity index (χ4n) is 4.77. The Balaban J connectivity index is 1.49. The third kappa shape index (κ3) is 6.27. The van der Waals surface area contributed by atoms with Crippen LogP contribution < -0.4 is 4.74 Å². The third-order valence-electron chi connectivity index (χ3n) is 6.66. The highest BCUT2D eigenvalue weighted by atomic mass is 35.5. The summed E-state index contributed by atoms with van der Waals surface area (Å²) in [4.78, 5) is 26.1. The van der Waals surface area contributed by atoms with Crippen LogP contribution in [0.15, 0.2) is 66.7 Å². The summed E-state index contributed by atoms with van der Waals surface area (Å²) >= 11 is 6.25. The summed E-state index contributed by atoms with van der Waals surface area (Å²) < 4.78 is 6.44. The van der Waals surface area contributed by atoms with Gasteiger partial charge in [0.05, 0.1) is 0 Å². The van der Waals surface area contributed by atoms with E-state index in [9.17, 15) is 14.7 Å². The van der Waals surface area contributed by atoms with Gasteiger partial charge in [0.2, 0.25) is 0 Å². The minimum absolute atomic E-state index is 0.119. The van der Waals surface area contributed by atoms with Crippen LogP contribution in [0.1, 0.15) is 59.3 Å². The highest BCUT2D eigenvalue weighted by Crippen LogP contribution is 2.36. The molecule has 5 nitrogen and oxygen atoms in total. The molecule has 188 valence electrons. The number of ether oxygens (including phenoxy) is 1. The lowest BCUT2D eigenvalue weighted by Gasteiger charge is -2.36. The normalized spacial score (nSPS) is 16.6. The molecule has 0 spiro atoms. The first-order valence-electron chi connectivity index (χ1n) is 12.4. The second-order valence-corrected chi connectivity index (χ2v) is 10.2. The van der Waals surface area contributed by atoms with Crippen molar-refractivity contribution in [3.8, 4) is 5.75 Å². The van der Waals surface area contributed by atoms with Crippen molar-refractivity contribution in [2.45, 2.75) is 58.1 Å². The maximum Gasteiger partial charge on any atom is 0.323 e. The maximum atomic E-state index is 13.3. The zero-order valence-corrected chi connectivity index (χ0v) is 21.6. The molecule has 0 fully saturated rings. The number of carboxylic acids is 1. The number of benzene rings is 3. The van der Waals surface area contributed by atoms with Crippen LogP contribution in [-0.4, -0.2) is 34.0 Å². The van der Waals surface area contributed by atoms with E-state index in [4.69, 9.17) is 16.3 Å². The summed E-state index contributed by atoms with van der Waals surface area (Å²) in [5, 5.41) is 9.89. The van der Waals surface area contributed by atoms with E-state index in [2.05, 4.69) is 38.1 Å². The number of carbonyl (C=O) groups is 2. The first kappa shape index (κ1) is 25.8. The second kappa shape index (κ2) is 11.2. The SMILES string of the molecule is CCCc1ccc(C[C@]2(C)CCc3cc(C(=O)N(CC(=O)O)Cc4ccccc4Cl)ccc3O2)cc1. The van der Waals surface area contributed by atoms with Crippen molar-refractivity contribution in [1.29, 1.82) is 0 Å². The molecule has 0 unspecified atom stereocenters. The molecule has 1 amide bonds. The zero-order valence-electron chi connectivity index (χ0n) is 20.8. The van der Waals surface area contributed by atoms with E-state index in [1.165, 1.54) is 16.0 Å². The standard InChI is InChI=1S/C30H32ClNO4/c1-3-6-21-9-11-22(12-10-21)18-30(2)16-15-23-17-24(13-14-27(23)36-30)29(35)32(20-28(33)34)19-25-7-4-5-8-26(25)31/h4-5,7-14,17H,3,6,15-16,18-20H2,1-2H3,(H,33,34)/t30-/m0/s1. The van der Waals surface area contributed by atoms with Gasteiger partial charge in [-0.15, -0.1) is 0 Å². The van der Waals surface area contributed by atoms with Crippen molar-refractivity contribution in [2.24, 2.45) is 0 Å². The van der Waals surface area contributed by atoms with Crippen molar-refractivity contribution in [3.63, 3.8) is 0 Å². The van der Waals surface area contributed by atoms with Crippen LogP contribution in [0.5, 0.6) is 5.75 Å². The number of hydrogen-bond donors (Lipinski definition) is 1. The smallest absolute Gasteiger partial charge is 0.323 e. The average Bonchev–Trinajstić information content (AvgIpc) is 2.85. The molecule has 3 aromatic rings. The van der Waals surface area contributed by atoms with Gasteiger partial charge in [0.25, 0.3) is 5.91 Å². The van der Waals surface area contributed by atoms with E-state index in [0.29, 0.717) is 16.1 Å². The molecule has 0 saturated heterocycles. The van der Waals surface area contributed by atoms with Gasteiger partial charge < -0.3 is 14.7 Å². The Hall–Kier alpha value is -3.31. The Bertz CT molecular complexity index is 1240. The molecular weight excluding hydrogens is 474 g/mol. The van der Waals surface area contributed by atoms with Gasteiger partial charge in [0, 0.05) is 23.6 Å². The third-order valence-corrected chi connectivity index (χ3v) is 7.03. The summed E-state index contributed by atoms with van der Waals surface area (Å²) in [7, 11) is 0. The van der Waals surface area contributed by atoms with Crippen LogP contribution in [0.4, 0.5) is 0 Å². The van der Waals surface area contributed by atoms with Crippen LogP contribution in [0.2, 0.25) is 5.02 Å². The van der Waals surface area contributed by atoms with Crippen molar-refractivity contribution in [2.75, 3.05) is 6.54 Å². The lowest BCUT2D eigenvalue weighted by Crippen LogP contribution is -2.39. The van der Waals surface area contributed by atoms with Gasteiger partial charge in [-0.1, -0.05) is 67.4 Å². The Morgan fingerprint density at radius 1 is 1.06 bits per heavy atom. The summed E-state index contributed by atoms with van der Waals surface area (Å²) in [6.45, 7) is 4.03. The molecule has 3 aromatic carbocycles. The van der Waals surface area contributed by atoms with Gasteiger partial charge in [-0.05, 0) is 72.7 Å². The molecule has 1 heterocycles. The van der Waals surface area contributed by atoms with Crippen LogP contribution in [0.25, 0.3) is 0 Å². The molecule has 36 heavy (non-hydrogen) atoms. The Kier molecular flexibility index (Phi) is 8.00. The Morgan fingerprint density at radius 2 is 1.78 bits per heavy atom. The van der Waals surface area contributed by atoms with E-state index in [1.54, 1.807) is 24.3 Å². The first-order valence-corrected chi connectivity index (χ1v) is 12.8. The van der Waals surface area contributed by atoms with Gasteiger partial charge >= 0.3 is 5.97 Å². The van der Waals surface area contributed by atoms with Gasteiger partial charge in [-0.25, -0.2) is 0 Å². The van der Waals surface area contributed by atoms with Crippen molar-refractivity contribution >= 4 is 23.5 Å². The highest BCUT2D eigenvalue weighted by molar-refractivity contribution is 6.31. The molecule has 1 atom stereocenters. The van der Waals surface area contributed by atoms with Gasteiger partial charge in [0.15, 0.2) is 0 Å². The fourth-order valence-corrected chi connectivity index (χ4v) is 4.96. The molecular formula is C30H32ClNO4. The van der Waals surface area contributed by atoms with E-state index in [0.717, 1.165) is 43.4 Å². The molecule has 1 aliphatic rings. The number of hydrogen-bond acceptors (Lipinski definition) is 3. The lowest BCUT2D eigenvalue weighted by molar-refractivity contribution is -0.137. The summed E-state index contributed by atoms with van der Waals surface area (Å²) in [6.07, 6.45) is 4.64. The minimum atomic E-state index is -1.07. The summed E-state index contributed by atoms with van der Waals surface area (Å²) in [5.74, 6) is -0.644. The van der Waals surface area contributed by atoms with E-state index in [-0.39, 0.29) is 18.1 Å². The largest absolute Gasteiger partial charge is 0.487 e. The molecule has 0 aromatic heterocycles. The predicted molar refractivity (Wildman–Crippen MR) is 142 cm³/mol. The van der Waals surface area contributed by atoms with Gasteiger partial charge in [-0.2, -0.15) is 0 Å². The summed E-state index contributed by atoms with van der Waals surface area (Å²) in [5.41, 5.74) is 4.38. The minimum Gasteiger partial charge on any atom is -0.487 e. The second-order valence-electron chi connectivity index (χ2n) is 9.76. The highest BCUT2D eigenvalue weighted by Gasteiger charge is 2.32. The Morgan fingerprint density at radius 3 is 2.47 bits per heavy atom. The number of fused-ring (bicyclic) bond motifs is 1. The Labute approximate surface area is 217 Å². The predicted octanol–water partition coefficient (Wildman–Crippen LogP) is 6.35. The van der Waals surface area contributed by atoms with Crippen molar-refractivity contribution in [1.82, 2.24) is 4.90 Å². The van der Waals surface area contributed by atoms with Crippen molar-refractivity contribution in [3.05, 3.63) is 99.6 Å². The molecule has 0 saturated carbocycles. The van der Waals surface area contributed by atoms with Crippen LogP contribution >= 0.6 is 11.6 Å². The van der Waals surface area contributed by atoms with Crippen LogP contribution in [-0.2, 0) is 30.6 Å². The van der Waals surface area contributed by atoms with Crippen LogP contribution in [0.3, 0.4) is 0 Å². The molecule has 0 aliphatic carbocycles. The van der Waals surface area contributed by atoms with Crippen molar-refractivity contribution < 1.29 is 19.4 Å². The van der Waals surface area contributed by atoms with E-state index >= 15 is 0 Å². The average molecular weight is 506 g/mol. The number of aliphatic carboxylic acids is 1. The number of carboxylic acid groups (broad SMARTS) is 1. The lowest BCUT2D eigenvalue weighted by atomic mass is 9.86. The number of halogens is 1. The van der Waals surface area contributed by atoms with Gasteiger partial charge in [-0.3, -0.25) is 9.59 Å². The van der Waals surface area contributed by atoms with E-state index in [1.807, 2.05) is 18.2 Å². The first-order chi connectivity index (χ1) is 17.3. The molecule has 6 heteroatoms. The zero-order chi connectivity index (χ0) is 25.7. The molecule has 0 bridgehead atoms. The number of carbonyl (C=O) groups excluding carboxylic acids is 1. The quantitative estimate of drug-likeness (QED) is 0.368. The number of rotatable bonds is 9. The topological polar surface area (TPSA) is 66.8 Å². The van der Waals surface area contributed by atoms with E-state index < -0.39 is 12.5 Å². The fraction of sp³-hybridized carbons (Fsp3) is 0.333. The molecule has 4 rings (SSSR count). The van der Waals surface area contributed by atoms with Crippen LogP contribution in [0, 0.1) is 0 Å². The molecule has 1 aliphatic heterocycles.